The van der Waals surface area contributed by atoms with Gasteiger partial charge in [0.05, 0.1) is 7.11 Å². The smallest absolute Gasteiger partial charge is 0.327 e. The molecule has 0 saturated heterocycles. The van der Waals surface area contributed by atoms with Crippen molar-refractivity contribution >= 4 is 17.3 Å². The van der Waals surface area contributed by atoms with Crippen molar-refractivity contribution < 1.29 is 9.53 Å². The molecule has 0 aliphatic carbocycles. The molecular formula is C11H16N2O2. The number of nitrogens with two attached hydrogens (primary N) is 1. The molecule has 1 aromatic carbocycles. The molecule has 0 spiro atoms. The lowest BCUT2D eigenvalue weighted by Gasteiger charge is -2.15. The molecule has 0 radical (unpaired) electrons. The van der Waals surface area contributed by atoms with E-state index in [4.69, 9.17) is 5.73 Å². The first kappa shape index (κ1) is 11.4. The minimum absolute atomic E-state index is 0.295. The van der Waals surface area contributed by atoms with Crippen LogP contribution in [0, 0.1) is 6.92 Å². The minimum atomic E-state index is -0.379. The first-order valence-corrected chi connectivity index (χ1v) is 4.75. The van der Waals surface area contributed by atoms with Crippen LogP contribution in [0.4, 0.5) is 11.4 Å². The van der Waals surface area contributed by atoms with Crippen LogP contribution in [-0.4, -0.2) is 19.1 Å². The highest BCUT2D eigenvalue weighted by atomic mass is 16.5. The lowest BCUT2D eigenvalue weighted by molar-refractivity contribution is -0.141. The number of esters is 1. The van der Waals surface area contributed by atoms with E-state index in [-0.39, 0.29) is 12.0 Å². The molecule has 0 aliphatic rings. The zero-order valence-electron chi connectivity index (χ0n) is 9.20. The standard InChI is InChI=1S/C11H16N2O2/c1-7-9(12)5-4-6-10(7)13-8(2)11(14)15-3/h4-6,8,13H,12H2,1-3H3. The van der Waals surface area contributed by atoms with Gasteiger partial charge in [-0.25, -0.2) is 4.79 Å². The van der Waals surface area contributed by atoms with Crippen LogP contribution >= 0.6 is 0 Å². The van der Waals surface area contributed by atoms with Gasteiger partial charge in [-0.2, -0.15) is 0 Å². The van der Waals surface area contributed by atoms with E-state index >= 15 is 0 Å². The van der Waals surface area contributed by atoms with E-state index in [0.717, 1.165) is 11.3 Å². The monoisotopic (exact) mass is 208 g/mol. The fraction of sp³-hybridized carbons (Fsp3) is 0.364. The summed E-state index contributed by atoms with van der Waals surface area (Å²) in [6, 6.07) is 5.17. The average molecular weight is 208 g/mol. The van der Waals surface area contributed by atoms with E-state index in [2.05, 4.69) is 10.1 Å². The fourth-order valence-corrected chi connectivity index (χ4v) is 1.28. The van der Waals surface area contributed by atoms with Gasteiger partial charge in [0.15, 0.2) is 0 Å². The summed E-state index contributed by atoms with van der Waals surface area (Å²) in [4.78, 5) is 11.2. The molecule has 1 atom stereocenters. The normalized spacial score (nSPS) is 11.9. The van der Waals surface area contributed by atoms with E-state index in [1.54, 1.807) is 6.92 Å². The summed E-state index contributed by atoms with van der Waals surface area (Å²) >= 11 is 0. The van der Waals surface area contributed by atoms with Crippen LogP contribution in [0.5, 0.6) is 0 Å². The molecule has 1 rings (SSSR count). The number of anilines is 2. The fourth-order valence-electron chi connectivity index (χ4n) is 1.28. The second kappa shape index (κ2) is 4.68. The Labute approximate surface area is 89.4 Å². The number of hydrogen-bond acceptors (Lipinski definition) is 4. The van der Waals surface area contributed by atoms with E-state index in [0.29, 0.717) is 5.69 Å². The summed E-state index contributed by atoms with van der Waals surface area (Å²) in [5, 5.41) is 3.05. The van der Waals surface area contributed by atoms with Crippen LogP contribution in [0.3, 0.4) is 0 Å². The molecule has 3 N–H and O–H groups in total. The molecule has 0 amide bonds. The highest BCUT2D eigenvalue weighted by Gasteiger charge is 2.13. The van der Waals surface area contributed by atoms with Gasteiger partial charge in [-0.1, -0.05) is 6.07 Å². The summed E-state index contributed by atoms with van der Waals surface area (Å²) in [5.41, 5.74) is 8.25. The molecule has 0 aromatic heterocycles. The van der Waals surface area contributed by atoms with Crippen LogP contribution < -0.4 is 11.1 Å². The van der Waals surface area contributed by atoms with Crippen LogP contribution in [0.25, 0.3) is 0 Å². The number of carbonyl (C=O) groups excluding carboxylic acids is 1. The quantitative estimate of drug-likeness (QED) is 0.584. The zero-order chi connectivity index (χ0) is 11.4. The number of nitrogen functional groups attached to an aromatic ring is 1. The van der Waals surface area contributed by atoms with E-state index in [1.165, 1.54) is 7.11 Å². The molecule has 0 bridgehead atoms. The van der Waals surface area contributed by atoms with Crippen molar-refractivity contribution in [2.45, 2.75) is 19.9 Å². The average Bonchev–Trinajstić information content (AvgIpc) is 2.23. The van der Waals surface area contributed by atoms with Crippen molar-refractivity contribution in [3.8, 4) is 0 Å². The van der Waals surface area contributed by atoms with Gasteiger partial charge < -0.3 is 15.8 Å². The summed E-state index contributed by atoms with van der Waals surface area (Å²) in [6.45, 7) is 3.65. The van der Waals surface area contributed by atoms with Gasteiger partial charge >= 0.3 is 5.97 Å². The Bertz CT molecular complexity index is 364. The predicted octanol–water partition coefficient (Wildman–Crippen LogP) is 1.55. The number of ether oxygens (including phenoxy) is 1. The van der Waals surface area contributed by atoms with Crippen LogP contribution in [0.2, 0.25) is 0 Å². The third kappa shape index (κ3) is 2.62. The molecule has 82 valence electrons. The van der Waals surface area contributed by atoms with Gasteiger partial charge in [-0.05, 0) is 31.5 Å². The molecular weight excluding hydrogens is 192 g/mol. The largest absolute Gasteiger partial charge is 0.467 e. The molecule has 0 fully saturated rings. The van der Waals surface area contributed by atoms with Crippen LogP contribution in [0.15, 0.2) is 18.2 Å². The first-order chi connectivity index (χ1) is 7.06. The Hall–Kier alpha value is -1.71. The van der Waals surface area contributed by atoms with Gasteiger partial charge in [-0.3, -0.25) is 0 Å². The number of rotatable bonds is 3. The summed E-state index contributed by atoms with van der Waals surface area (Å²) in [6.07, 6.45) is 0. The van der Waals surface area contributed by atoms with Gasteiger partial charge in [0, 0.05) is 11.4 Å². The second-order valence-electron chi connectivity index (χ2n) is 3.41. The van der Waals surface area contributed by atoms with Crippen molar-refractivity contribution in [2.24, 2.45) is 0 Å². The molecule has 15 heavy (non-hydrogen) atoms. The number of hydrogen-bond donors (Lipinski definition) is 2. The van der Waals surface area contributed by atoms with Gasteiger partial charge in [0.25, 0.3) is 0 Å². The van der Waals surface area contributed by atoms with E-state index in [9.17, 15) is 4.79 Å². The maximum atomic E-state index is 11.2. The molecule has 0 heterocycles. The molecule has 4 nitrogen and oxygen atoms in total. The predicted molar refractivity (Wildman–Crippen MR) is 60.7 cm³/mol. The number of methoxy groups -OCH3 is 1. The zero-order valence-corrected chi connectivity index (χ0v) is 9.20. The van der Waals surface area contributed by atoms with Gasteiger partial charge in [0.1, 0.15) is 6.04 Å². The lowest BCUT2D eigenvalue weighted by atomic mass is 10.1. The SMILES string of the molecule is COC(=O)C(C)Nc1cccc(N)c1C. The summed E-state index contributed by atoms with van der Waals surface area (Å²) in [5.74, 6) is -0.295. The maximum Gasteiger partial charge on any atom is 0.327 e. The molecule has 0 saturated carbocycles. The Morgan fingerprint density at radius 2 is 2.20 bits per heavy atom. The molecule has 0 aliphatic heterocycles. The van der Waals surface area contributed by atoms with Crippen molar-refractivity contribution in [3.63, 3.8) is 0 Å². The minimum Gasteiger partial charge on any atom is -0.467 e. The van der Waals surface area contributed by atoms with Crippen molar-refractivity contribution in [3.05, 3.63) is 23.8 Å². The molecule has 4 heteroatoms. The van der Waals surface area contributed by atoms with Gasteiger partial charge in [0.2, 0.25) is 0 Å². The number of benzene rings is 1. The van der Waals surface area contributed by atoms with E-state index in [1.807, 2.05) is 25.1 Å². The Balaban J connectivity index is 2.81. The number of nitrogens with one attached hydrogen (secondary N) is 1. The topological polar surface area (TPSA) is 64.3 Å². The van der Waals surface area contributed by atoms with Crippen molar-refractivity contribution in [1.29, 1.82) is 0 Å². The Morgan fingerprint density at radius 1 is 1.53 bits per heavy atom. The summed E-state index contributed by atoms with van der Waals surface area (Å²) < 4.78 is 4.62. The Morgan fingerprint density at radius 3 is 2.80 bits per heavy atom. The first-order valence-electron chi connectivity index (χ1n) is 4.75. The third-order valence-corrected chi connectivity index (χ3v) is 2.30. The highest BCUT2D eigenvalue weighted by Crippen LogP contribution is 2.21. The maximum absolute atomic E-state index is 11.2. The lowest BCUT2D eigenvalue weighted by Crippen LogP contribution is -2.27. The van der Waals surface area contributed by atoms with Crippen LogP contribution in [-0.2, 0) is 9.53 Å². The highest BCUT2D eigenvalue weighted by molar-refractivity contribution is 5.79. The third-order valence-electron chi connectivity index (χ3n) is 2.30. The molecule has 1 aromatic rings. The summed E-state index contributed by atoms with van der Waals surface area (Å²) in [7, 11) is 1.37. The van der Waals surface area contributed by atoms with Gasteiger partial charge in [-0.15, -0.1) is 0 Å². The Kier molecular flexibility index (Phi) is 3.55. The molecule has 1 unspecified atom stereocenters. The second-order valence-corrected chi connectivity index (χ2v) is 3.41. The van der Waals surface area contributed by atoms with Crippen molar-refractivity contribution in [2.75, 3.05) is 18.2 Å². The number of carbonyl (C=O) groups is 1. The van der Waals surface area contributed by atoms with Crippen LogP contribution in [0.1, 0.15) is 12.5 Å². The van der Waals surface area contributed by atoms with E-state index < -0.39 is 0 Å². The van der Waals surface area contributed by atoms with Crippen molar-refractivity contribution in [1.82, 2.24) is 0 Å².